The van der Waals surface area contributed by atoms with Crippen molar-refractivity contribution in [2.45, 2.75) is 38.1 Å². The first-order valence-electron chi connectivity index (χ1n) is 11.0. The number of amides is 1. The Morgan fingerprint density at radius 3 is 2.44 bits per heavy atom. The number of nitrogens with zero attached hydrogens (tertiary/aromatic N) is 1. The summed E-state index contributed by atoms with van der Waals surface area (Å²) in [5.41, 5.74) is 1.17. The molecule has 1 N–H and O–H groups in total. The third-order valence-corrected chi connectivity index (χ3v) is 7.34. The second kappa shape index (κ2) is 8.90. The van der Waals surface area contributed by atoms with Crippen LogP contribution in [0.4, 0.5) is 8.78 Å². The van der Waals surface area contributed by atoms with Crippen molar-refractivity contribution in [1.29, 1.82) is 0 Å². The first-order valence-corrected chi connectivity index (χ1v) is 12.9. The van der Waals surface area contributed by atoms with Crippen molar-refractivity contribution < 1.29 is 22.0 Å². The maximum absolute atomic E-state index is 14.5. The lowest BCUT2D eigenvalue weighted by Crippen LogP contribution is -2.45. The van der Waals surface area contributed by atoms with E-state index >= 15 is 0 Å². The molecule has 8 heteroatoms. The Bertz CT molecular complexity index is 1100. The molecule has 5 nitrogen and oxygen atoms in total. The monoisotopic (exact) mass is 462 g/mol. The molecule has 2 aliphatic rings. The largest absolute Gasteiger partial charge is 0.341 e. The third kappa shape index (κ3) is 4.71. The van der Waals surface area contributed by atoms with Crippen LogP contribution in [0.25, 0.3) is 11.1 Å². The molecule has 4 atom stereocenters. The molecule has 1 amide bonds. The van der Waals surface area contributed by atoms with Gasteiger partial charge in [-0.25, -0.2) is 21.9 Å². The number of carbonyl (C=O) groups excluding carboxylic acids is 1. The van der Waals surface area contributed by atoms with Gasteiger partial charge in [-0.3, -0.25) is 4.79 Å². The lowest BCUT2D eigenvalue weighted by molar-refractivity contribution is -0.133. The zero-order chi connectivity index (χ0) is 23.0. The van der Waals surface area contributed by atoms with Gasteiger partial charge in [0, 0.05) is 25.0 Å². The Balaban J connectivity index is 1.58. The number of benzene rings is 2. The van der Waals surface area contributed by atoms with Gasteiger partial charge in [0.1, 0.15) is 11.6 Å². The molecule has 1 aliphatic heterocycles. The molecular weight excluding hydrogens is 434 g/mol. The van der Waals surface area contributed by atoms with E-state index in [-0.39, 0.29) is 35.3 Å². The summed E-state index contributed by atoms with van der Waals surface area (Å²) in [5, 5.41) is 0. The lowest BCUT2D eigenvalue weighted by Gasteiger charge is -2.25. The van der Waals surface area contributed by atoms with Crippen molar-refractivity contribution in [3.8, 4) is 11.1 Å². The zero-order valence-electron chi connectivity index (χ0n) is 18.2. The van der Waals surface area contributed by atoms with E-state index in [0.29, 0.717) is 25.1 Å². The van der Waals surface area contributed by atoms with Gasteiger partial charge >= 0.3 is 0 Å². The first kappa shape index (κ1) is 22.9. The Morgan fingerprint density at radius 2 is 1.75 bits per heavy atom. The first-order chi connectivity index (χ1) is 15.2. The Hall–Kier alpha value is -2.32. The van der Waals surface area contributed by atoms with Gasteiger partial charge in [0.25, 0.3) is 0 Å². The fourth-order valence-electron chi connectivity index (χ4n) is 5.04. The summed E-state index contributed by atoms with van der Waals surface area (Å²) in [7, 11) is -3.36. The average molecular weight is 463 g/mol. The van der Waals surface area contributed by atoms with E-state index < -0.39 is 21.7 Å². The van der Waals surface area contributed by atoms with Crippen molar-refractivity contribution in [3.63, 3.8) is 0 Å². The van der Waals surface area contributed by atoms with Gasteiger partial charge in [0.15, 0.2) is 0 Å². The number of carbonyl (C=O) groups is 1. The minimum Gasteiger partial charge on any atom is -0.341 e. The van der Waals surface area contributed by atoms with Gasteiger partial charge in [-0.15, -0.1) is 0 Å². The van der Waals surface area contributed by atoms with E-state index in [2.05, 4.69) is 4.72 Å². The molecule has 2 aromatic carbocycles. The molecular formula is C24H28F2N2O3S. The molecule has 2 aromatic rings. The van der Waals surface area contributed by atoms with Gasteiger partial charge in [0.2, 0.25) is 15.9 Å². The van der Waals surface area contributed by atoms with Crippen LogP contribution in [0.1, 0.15) is 37.7 Å². The molecule has 4 rings (SSSR count). The van der Waals surface area contributed by atoms with Crippen molar-refractivity contribution >= 4 is 15.9 Å². The van der Waals surface area contributed by atoms with E-state index in [4.69, 9.17) is 0 Å². The minimum absolute atomic E-state index is 0.0199. The molecule has 1 saturated heterocycles. The third-order valence-electron chi connectivity index (χ3n) is 6.58. The Morgan fingerprint density at radius 1 is 1.06 bits per heavy atom. The molecule has 32 heavy (non-hydrogen) atoms. The van der Waals surface area contributed by atoms with E-state index in [1.165, 1.54) is 18.2 Å². The molecule has 0 spiro atoms. The second-order valence-corrected chi connectivity index (χ2v) is 10.7. The van der Waals surface area contributed by atoms with Crippen molar-refractivity contribution in [3.05, 3.63) is 59.7 Å². The summed E-state index contributed by atoms with van der Waals surface area (Å²) in [6.07, 6.45) is 3.48. The van der Waals surface area contributed by atoms with Crippen molar-refractivity contribution in [1.82, 2.24) is 9.62 Å². The van der Waals surface area contributed by atoms with Gasteiger partial charge in [-0.1, -0.05) is 43.7 Å². The van der Waals surface area contributed by atoms with E-state index in [9.17, 15) is 22.0 Å². The lowest BCUT2D eigenvalue weighted by atomic mass is 9.94. The number of nitrogens with one attached hydrogen (secondary N) is 1. The highest BCUT2D eigenvalue weighted by Crippen LogP contribution is 2.56. The summed E-state index contributed by atoms with van der Waals surface area (Å²) >= 11 is 0. The zero-order valence-corrected chi connectivity index (χ0v) is 19.0. The van der Waals surface area contributed by atoms with Crippen LogP contribution in [0.15, 0.2) is 42.5 Å². The number of hydrogen-bond donors (Lipinski definition) is 1. The van der Waals surface area contributed by atoms with Crippen LogP contribution >= 0.6 is 0 Å². The normalized spacial score (nSPS) is 25.9. The molecule has 172 valence electrons. The van der Waals surface area contributed by atoms with Crippen LogP contribution < -0.4 is 4.72 Å². The van der Waals surface area contributed by atoms with E-state index in [1.54, 1.807) is 17.0 Å². The molecule has 0 radical (unpaired) electrons. The number of hydrogen-bond acceptors (Lipinski definition) is 3. The topological polar surface area (TPSA) is 66.5 Å². The molecule has 0 unspecified atom stereocenters. The highest BCUT2D eigenvalue weighted by atomic mass is 32.2. The highest BCUT2D eigenvalue weighted by Gasteiger charge is 2.54. The fourth-order valence-corrected chi connectivity index (χ4v) is 5.84. The molecule has 1 heterocycles. The van der Waals surface area contributed by atoms with Crippen LogP contribution in [-0.2, 0) is 14.8 Å². The van der Waals surface area contributed by atoms with Crippen molar-refractivity contribution in [2.24, 2.45) is 11.8 Å². The van der Waals surface area contributed by atoms with Gasteiger partial charge in [-0.2, -0.15) is 0 Å². The average Bonchev–Trinajstić information content (AvgIpc) is 3.44. The predicted molar refractivity (Wildman–Crippen MR) is 119 cm³/mol. The SMILES string of the molecule is C[C@H]1[C@H](C(=O)N2CCCC[C@H](NS(C)(=O)=O)C2)[C@H]1c1ccccc1-c1c(F)cccc1F. The molecule has 2 fully saturated rings. The molecule has 0 bridgehead atoms. The van der Waals surface area contributed by atoms with Crippen LogP contribution in [0.5, 0.6) is 0 Å². The Labute approximate surface area is 187 Å². The minimum atomic E-state index is -3.36. The summed E-state index contributed by atoms with van der Waals surface area (Å²) in [6.45, 7) is 2.90. The molecule has 1 saturated carbocycles. The van der Waals surface area contributed by atoms with Crippen molar-refractivity contribution in [2.75, 3.05) is 19.3 Å². The van der Waals surface area contributed by atoms with Gasteiger partial charge < -0.3 is 4.90 Å². The fraction of sp³-hybridized carbons (Fsp3) is 0.458. The number of likely N-dealkylation sites (tertiary alicyclic amines) is 1. The molecule has 0 aromatic heterocycles. The number of rotatable bonds is 5. The van der Waals surface area contributed by atoms with Crippen LogP contribution in [0.2, 0.25) is 0 Å². The molecule has 1 aliphatic carbocycles. The summed E-state index contributed by atoms with van der Waals surface area (Å²) in [5.74, 6) is -1.67. The predicted octanol–water partition coefficient (Wildman–Crippen LogP) is 3.91. The van der Waals surface area contributed by atoms with Crippen LogP contribution in [0, 0.1) is 23.5 Å². The maximum Gasteiger partial charge on any atom is 0.226 e. The van der Waals surface area contributed by atoms with Crippen LogP contribution in [-0.4, -0.2) is 44.6 Å². The second-order valence-electron chi connectivity index (χ2n) is 8.96. The smallest absolute Gasteiger partial charge is 0.226 e. The van der Waals surface area contributed by atoms with Gasteiger partial charge in [0.05, 0.1) is 11.8 Å². The highest BCUT2D eigenvalue weighted by molar-refractivity contribution is 7.88. The standard InChI is InChI=1S/C24H28F2N2O3S/c1-15-21(17-9-3-4-10-18(17)23-19(25)11-7-12-20(23)26)22(15)24(29)28-13-6-5-8-16(14-28)27-32(2,30)31/h3-4,7,9-12,15-16,21-22,27H,5-6,8,13-14H2,1-2H3/t15-,16+,21-,22+/m1/s1. The van der Waals surface area contributed by atoms with E-state index in [0.717, 1.165) is 24.7 Å². The summed E-state index contributed by atoms with van der Waals surface area (Å²) in [4.78, 5) is 15.2. The summed E-state index contributed by atoms with van der Waals surface area (Å²) < 4.78 is 55.0. The summed E-state index contributed by atoms with van der Waals surface area (Å²) in [6, 6.07) is 10.6. The number of halogens is 2. The van der Waals surface area contributed by atoms with E-state index in [1.807, 2.05) is 19.1 Å². The Kier molecular flexibility index (Phi) is 6.36. The number of sulfonamides is 1. The maximum atomic E-state index is 14.5. The van der Waals surface area contributed by atoms with Gasteiger partial charge in [-0.05, 0) is 47.9 Å². The quantitative estimate of drug-likeness (QED) is 0.733. The van der Waals surface area contributed by atoms with Crippen LogP contribution in [0.3, 0.4) is 0 Å².